The molecule has 0 aromatic rings. The Morgan fingerprint density at radius 1 is 1.06 bits per heavy atom. The minimum atomic E-state index is -0.0931. The molecule has 4 atom stereocenters. The Hall–Kier alpha value is -0.0800. The first-order valence-electron chi connectivity index (χ1n) is 7.39. The highest BCUT2D eigenvalue weighted by atomic mass is 17.3. The molecule has 1 saturated carbocycles. The topological polar surface area (TPSA) is 18.5 Å². The lowest BCUT2D eigenvalue weighted by molar-refractivity contribution is -0.534. The first-order chi connectivity index (χ1) is 8.05. The van der Waals surface area contributed by atoms with Crippen LogP contribution in [-0.2, 0) is 9.78 Å². The summed E-state index contributed by atoms with van der Waals surface area (Å²) in [6.45, 7) is 16.2. The molecule has 4 unspecified atom stereocenters. The van der Waals surface area contributed by atoms with E-state index in [0.717, 1.165) is 5.92 Å². The molecule has 0 aromatic carbocycles. The zero-order valence-electron chi connectivity index (χ0n) is 13.2. The van der Waals surface area contributed by atoms with Gasteiger partial charge in [-0.25, -0.2) is 9.78 Å². The number of rotatable bonds is 1. The number of hydrogen-bond donors (Lipinski definition) is 0. The second-order valence-electron chi connectivity index (χ2n) is 8.72. The van der Waals surface area contributed by atoms with Crippen molar-refractivity contribution in [3.05, 3.63) is 0 Å². The third-order valence-electron chi connectivity index (χ3n) is 4.83. The van der Waals surface area contributed by atoms with Gasteiger partial charge in [0.05, 0.1) is 0 Å². The van der Waals surface area contributed by atoms with Crippen LogP contribution in [0.15, 0.2) is 0 Å². The van der Waals surface area contributed by atoms with Crippen LogP contribution < -0.4 is 0 Å². The molecule has 0 bridgehead atoms. The van der Waals surface area contributed by atoms with Crippen LogP contribution in [0.2, 0.25) is 0 Å². The molecule has 1 aliphatic carbocycles. The average molecular weight is 254 g/mol. The summed E-state index contributed by atoms with van der Waals surface area (Å²) in [4.78, 5) is 11.1. The fraction of sp³-hybridized carbons (Fsp3) is 1.00. The summed E-state index contributed by atoms with van der Waals surface area (Å²) in [5, 5.41) is 0. The maximum atomic E-state index is 5.64. The van der Waals surface area contributed by atoms with Gasteiger partial charge in [0, 0.05) is 0 Å². The highest BCUT2D eigenvalue weighted by molar-refractivity contribution is 5.03. The second-order valence-corrected chi connectivity index (χ2v) is 8.72. The van der Waals surface area contributed by atoms with Crippen LogP contribution in [0.1, 0.15) is 67.7 Å². The third kappa shape index (κ3) is 2.46. The highest BCUT2D eigenvalue weighted by Gasteiger charge is 2.59. The lowest BCUT2D eigenvalue weighted by Gasteiger charge is -2.57. The summed E-state index contributed by atoms with van der Waals surface area (Å²) < 4.78 is 0. The Morgan fingerprint density at radius 3 is 2.06 bits per heavy atom. The summed E-state index contributed by atoms with van der Waals surface area (Å²) in [6, 6.07) is 0. The molecular formula is C16H30O2. The van der Waals surface area contributed by atoms with Crippen LogP contribution >= 0.6 is 0 Å². The molecule has 1 aliphatic heterocycles. The molecule has 18 heavy (non-hydrogen) atoms. The van der Waals surface area contributed by atoms with Gasteiger partial charge in [-0.3, -0.25) is 0 Å². The molecule has 1 heterocycles. The fourth-order valence-electron chi connectivity index (χ4n) is 4.32. The van der Waals surface area contributed by atoms with Gasteiger partial charge in [0.1, 0.15) is 11.7 Å². The van der Waals surface area contributed by atoms with E-state index in [2.05, 4.69) is 48.5 Å². The third-order valence-corrected chi connectivity index (χ3v) is 4.83. The van der Waals surface area contributed by atoms with Gasteiger partial charge in [-0.1, -0.05) is 41.5 Å². The molecule has 106 valence electrons. The van der Waals surface area contributed by atoms with Crippen LogP contribution in [0.4, 0.5) is 0 Å². The molecule has 0 radical (unpaired) electrons. The standard InChI is InChI=1S/C16H30O2/c1-11-8-12(10-15(5,6)9-11)16(7)13(17-18-16)14(2,3)4/h11-13H,8-10H2,1-7H3. The molecule has 1 saturated heterocycles. The van der Waals surface area contributed by atoms with Crippen molar-refractivity contribution in [1.82, 2.24) is 0 Å². The minimum absolute atomic E-state index is 0.0931. The minimum Gasteiger partial charge on any atom is -0.229 e. The van der Waals surface area contributed by atoms with Crippen LogP contribution in [-0.4, -0.2) is 11.7 Å². The average Bonchev–Trinajstić information content (AvgIpc) is 2.08. The molecule has 2 rings (SSSR count). The summed E-state index contributed by atoms with van der Waals surface area (Å²) in [5.74, 6) is 1.41. The van der Waals surface area contributed by atoms with Crippen molar-refractivity contribution in [2.75, 3.05) is 0 Å². The maximum absolute atomic E-state index is 5.64. The van der Waals surface area contributed by atoms with E-state index < -0.39 is 0 Å². The van der Waals surface area contributed by atoms with Gasteiger partial charge < -0.3 is 0 Å². The molecule has 0 spiro atoms. The lowest BCUT2D eigenvalue weighted by Crippen LogP contribution is -2.64. The largest absolute Gasteiger partial charge is 0.229 e. The van der Waals surface area contributed by atoms with Gasteiger partial charge in [0.2, 0.25) is 0 Å². The fourth-order valence-corrected chi connectivity index (χ4v) is 4.32. The van der Waals surface area contributed by atoms with E-state index in [1.54, 1.807) is 0 Å². The first-order valence-corrected chi connectivity index (χ1v) is 7.39. The Kier molecular flexibility index (Phi) is 3.35. The quantitative estimate of drug-likeness (QED) is 0.637. The smallest absolute Gasteiger partial charge is 0.133 e. The monoisotopic (exact) mass is 254 g/mol. The van der Waals surface area contributed by atoms with Crippen molar-refractivity contribution >= 4 is 0 Å². The normalized spacial score (nSPS) is 44.5. The molecular weight excluding hydrogens is 224 g/mol. The van der Waals surface area contributed by atoms with E-state index in [-0.39, 0.29) is 17.1 Å². The van der Waals surface area contributed by atoms with E-state index in [4.69, 9.17) is 9.78 Å². The van der Waals surface area contributed by atoms with E-state index in [1.165, 1.54) is 19.3 Å². The highest BCUT2D eigenvalue weighted by Crippen LogP contribution is 2.53. The summed E-state index contributed by atoms with van der Waals surface area (Å²) in [7, 11) is 0. The van der Waals surface area contributed by atoms with Gasteiger partial charge in [-0.2, -0.15) is 0 Å². The van der Waals surface area contributed by atoms with Crippen molar-refractivity contribution < 1.29 is 9.78 Å². The molecule has 2 heteroatoms. The van der Waals surface area contributed by atoms with Crippen LogP contribution in [0.25, 0.3) is 0 Å². The van der Waals surface area contributed by atoms with Crippen molar-refractivity contribution in [3.8, 4) is 0 Å². The van der Waals surface area contributed by atoms with E-state index >= 15 is 0 Å². The van der Waals surface area contributed by atoms with E-state index in [9.17, 15) is 0 Å². The van der Waals surface area contributed by atoms with Gasteiger partial charge in [-0.15, -0.1) is 0 Å². The Labute approximate surface area is 112 Å². The first kappa shape index (κ1) is 14.3. The lowest BCUT2D eigenvalue weighted by atomic mass is 9.60. The predicted octanol–water partition coefficient (Wildman–Crippen LogP) is 4.58. The van der Waals surface area contributed by atoms with Crippen molar-refractivity contribution in [2.45, 2.75) is 79.4 Å². The summed E-state index contributed by atoms with van der Waals surface area (Å²) in [6.07, 6.45) is 4.08. The predicted molar refractivity (Wildman–Crippen MR) is 74.1 cm³/mol. The maximum Gasteiger partial charge on any atom is 0.133 e. The molecule has 0 N–H and O–H groups in total. The Balaban J connectivity index is 2.16. The Morgan fingerprint density at radius 2 is 1.67 bits per heavy atom. The Bertz CT molecular complexity index is 316. The summed E-state index contributed by atoms with van der Waals surface area (Å²) >= 11 is 0. The SMILES string of the molecule is CC1CC(C2(C)OOC2C(C)(C)C)CC(C)(C)C1. The zero-order chi connectivity index (χ0) is 13.8. The molecule has 2 nitrogen and oxygen atoms in total. The second kappa shape index (κ2) is 4.21. The van der Waals surface area contributed by atoms with Crippen LogP contribution in [0, 0.1) is 22.7 Å². The van der Waals surface area contributed by atoms with Gasteiger partial charge in [0.25, 0.3) is 0 Å². The molecule has 2 fully saturated rings. The van der Waals surface area contributed by atoms with Gasteiger partial charge >= 0.3 is 0 Å². The van der Waals surface area contributed by atoms with Crippen molar-refractivity contribution in [1.29, 1.82) is 0 Å². The summed E-state index contributed by atoms with van der Waals surface area (Å²) in [5.41, 5.74) is 0.495. The van der Waals surface area contributed by atoms with Crippen LogP contribution in [0.3, 0.4) is 0 Å². The van der Waals surface area contributed by atoms with Gasteiger partial charge in [-0.05, 0) is 48.9 Å². The molecule has 0 amide bonds. The molecule has 0 aromatic heterocycles. The van der Waals surface area contributed by atoms with E-state index in [0.29, 0.717) is 11.3 Å². The number of hydrogen-bond acceptors (Lipinski definition) is 2. The van der Waals surface area contributed by atoms with Crippen LogP contribution in [0.5, 0.6) is 0 Å². The van der Waals surface area contributed by atoms with Crippen molar-refractivity contribution in [2.24, 2.45) is 22.7 Å². The van der Waals surface area contributed by atoms with Crippen molar-refractivity contribution in [3.63, 3.8) is 0 Å². The van der Waals surface area contributed by atoms with Gasteiger partial charge in [0.15, 0.2) is 0 Å². The van der Waals surface area contributed by atoms with E-state index in [1.807, 2.05) is 0 Å². The molecule has 2 aliphatic rings. The zero-order valence-corrected chi connectivity index (χ0v) is 13.2.